The summed E-state index contributed by atoms with van der Waals surface area (Å²) in [4.78, 5) is 42.2. The van der Waals surface area contributed by atoms with E-state index in [1.54, 1.807) is 6.07 Å². The van der Waals surface area contributed by atoms with Crippen LogP contribution in [0.2, 0.25) is 0 Å². The summed E-state index contributed by atoms with van der Waals surface area (Å²) in [6.07, 6.45) is 4.06. The summed E-state index contributed by atoms with van der Waals surface area (Å²) < 4.78 is 27.9. The average molecular weight is 625 g/mol. The van der Waals surface area contributed by atoms with Gasteiger partial charge >= 0.3 is 0 Å². The van der Waals surface area contributed by atoms with E-state index >= 15 is 0 Å². The Labute approximate surface area is 242 Å². The first kappa shape index (κ1) is 28.0. The van der Waals surface area contributed by atoms with E-state index in [9.17, 15) is 22.8 Å². The number of nitrogens with one attached hydrogen (secondary N) is 1. The Morgan fingerprint density at radius 1 is 0.925 bits per heavy atom. The number of rotatable bonds is 9. The van der Waals surface area contributed by atoms with E-state index in [1.165, 1.54) is 23.1 Å². The van der Waals surface area contributed by atoms with E-state index in [1.807, 2.05) is 54.6 Å². The largest absolute Gasteiger partial charge is 0.352 e. The van der Waals surface area contributed by atoms with E-state index in [0.29, 0.717) is 4.31 Å². The molecule has 3 aromatic rings. The third kappa shape index (κ3) is 5.97. The molecule has 0 saturated heterocycles. The molecular weight excluding hydrogens is 594 g/mol. The molecule has 3 amide bonds. The maximum atomic E-state index is 14.0. The third-order valence-corrected chi connectivity index (χ3v) is 9.75. The number of hydrogen-bond donors (Lipinski definition) is 1. The Morgan fingerprint density at radius 2 is 1.57 bits per heavy atom. The number of sulfonamides is 1. The highest BCUT2D eigenvalue weighted by atomic mass is 79.9. The lowest BCUT2D eigenvalue weighted by atomic mass is 10.0. The monoisotopic (exact) mass is 623 g/mol. The van der Waals surface area contributed by atoms with Gasteiger partial charge in [0.25, 0.3) is 15.9 Å². The van der Waals surface area contributed by atoms with Crippen LogP contribution in [0.1, 0.15) is 47.2 Å². The topological polar surface area (TPSA) is 104 Å². The van der Waals surface area contributed by atoms with E-state index < -0.39 is 34.4 Å². The van der Waals surface area contributed by atoms with Gasteiger partial charge in [-0.05, 0) is 48.2 Å². The summed E-state index contributed by atoms with van der Waals surface area (Å²) in [5.74, 6) is -1.67. The van der Waals surface area contributed by atoms with Gasteiger partial charge in [0.1, 0.15) is 17.5 Å². The molecule has 40 heavy (non-hydrogen) atoms. The number of nitrogens with zero attached hydrogens (tertiary/aromatic N) is 2. The van der Waals surface area contributed by atoms with Crippen LogP contribution in [-0.2, 0) is 32.6 Å². The minimum atomic E-state index is -4.20. The molecule has 2 aliphatic rings. The van der Waals surface area contributed by atoms with E-state index in [-0.39, 0.29) is 35.4 Å². The maximum absolute atomic E-state index is 14.0. The Kier molecular flexibility index (Phi) is 8.37. The number of fused-ring (bicyclic) bond motifs is 1. The van der Waals surface area contributed by atoms with Gasteiger partial charge in [-0.15, -0.1) is 0 Å². The summed E-state index contributed by atoms with van der Waals surface area (Å²) in [5, 5.41) is 3.12. The lowest BCUT2D eigenvalue weighted by Crippen LogP contribution is -2.54. The summed E-state index contributed by atoms with van der Waals surface area (Å²) in [6, 6.07) is 21.8. The van der Waals surface area contributed by atoms with Crippen molar-refractivity contribution in [1.82, 2.24) is 14.5 Å². The predicted octanol–water partition coefficient (Wildman–Crippen LogP) is 4.29. The third-order valence-electron chi connectivity index (χ3n) is 7.43. The van der Waals surface area contributed by atoms with Gasteiger partial charge in [0.05, 0.1) is 5.56 Å². The van der Waals surface area contributed by atoms with E-state index in [2.05, 4.69) is 21.2 Å². The number of carbonyl (C=O) groups is 3. The van der Waals surface area contributed by atoms with Gasteiger partial charge in [0.15, 0.2) is 0 Å². The number of hydrogen-bond acceptors (Lipinski definition) is 5. The molecule has 1 saturated carbocycles. The first-order valence-corrected chi connectivity index (χ1v) is 15.5. The van der Waals surface area contributed by atoms with Gasteiger partial charge in [-0.1, -0.05) is 83.4 Å². The standard InChI is InChI=1S/C30H30BrN3O5S/c31-23-16-14-22(15-17-23)19-33(28(35)20-34-30(37)25-12-6-7-13-27(25)40(34,38)39)26(18-21-8-2-1-3-9-21)29(36)32-24-10-4-5-11-24/h1-3,6-9,12-17,24,26H,4-5,10-11,18-20H2,(H,32,36)/t26-/m0/s1. The van der Waals surface area contributed by atoms with Gasteiger partial charge < -0.3 is 10.2 Å². The maximum Gasteiger partial charge on any atom is 0.269 e. The van der Waals surface area contributed by atoms with Crippen LogP contribution in [0.5, 0.6) is 0 Å². The van der Waals surface area contributed by atoms with E-state index in [0.717, 1.165) is 41.3 Å². The van der Waals surface area contributed by atoms with Crippen molar-refractivity contribution in [2.24, 2.45) is 0 Å². The zero-order valence-corrected chi connectivity index (χ0v) is 24.2. The van der Waals surface area contributed by atoms with Crippen LogP contribution in [0.3, 0.4) is 0 Å². The van der Waals surface area contributed by atoms with Crippen molar-refractivity contribution in [3.8, 4) is 0 Å². The lowest BCUT2D eigenvalue weighted by molar-refractivity contribution is -0.141. The Morgan fingerprint density at radius 3 is 2.25 bits per heavy atom. The van der Waals surface area contributed by atoms with Crippen LogP contribution in [0.4, 0.5) is 0 Å². The van der Waals surface area contributed by atoms with Crippen LogP contribution in [0.15, 0.2) is 88.2 Å². The number of benzene rings is 3. The fourth-order valence-electron chi connectivity index (χ4n) is 5.31. The number of amides is 3. The zero-order valence-electron chi connectivity index (χ0n) is 21.8. The molecular formula is C30H30BrN3O5S. The first-order valence-electron chi connectivity index (χ1n) is 13.3. The molecule has 5 rings (SSSR count). The van der Waals surface area contributed by atoms with Crippen LogP contribution in [0, 0.1) is 0 Å². The highest BCUT2D eigenvalue weighted by molar-refractivity contribution is 9.10. The van der Waals surface area contributed by atoms with Crippen molar-refractivity contribution in [1.29, 1.82) is 0 Å². The molecule has 1 fully saturated rings. The predicted molar refractivity (Wildman–Crippen MR) is 154 cm³/mol. The molecule has 8 nitrogen and oxygen atoms in total. The van der Waals surface area contributed by atoms with Crippen molar-refractivity contribution in [3.63, 3.8) is 0 Å². The molecule has 1 heterocycles. The van der Waals surface area contributed by atoms with Crippen molar-refractivity contribution in [2.75, 3.05) is 6.54 Å². The summed E-state index contributed by atoms with van der Waals surface area (Å²) in [5.41, 5.74) is 1.66. The molecule has 0 spiro atoms. The Balaban J connectivity index is 1.49. The molecule has 0 radical (unpaired) electrons. The average Bonchev–Trinajstić information content (AvgIpc) is 3.53. The van der Waals surface area contributed by atoms with Gasteiger partial charge in [-0.25, -0.2) is 12.7 Å². The van der Waals surface area contributed by atoms with Crippen molar-refractivity contribution >= 4 is 43.7 Å². The molecule has 1 aliphatic carbocycles. The molecule has 208 valence electrons. The Bertz CT molecular complexity index is 1510. The number of carbonyl (C=O) groups excluding carboxylic acids is 3. The molecule has 0 bridgehead atoms. The van der Waals surface area contributed by atoms with Gasteiger partial charge in [-0.3, -0.25) is 14.4 Å². The second-order valence-corrected chi connectivity index (χ2v) is 12.9. The SMILES string of the molecule is O=C(NC1CCCC1)[C@H](Cc1ccccc1)N(Cc1ccc(Br)cc1)C(=O)CN1C(=O)c2ccccc2S1(=O)=O. The quantitative estimate of drug-likeness (QED) is 0.383. The van der Waals surface area contributed by atoms with Crippen LogP contribution < -0.4 is 5.32 Å². The summed E-state index contributed by atoms with van der Waals surface area (Å²) in [7, 11) is -4.20. The molecule has 1 N–H and O–H groups in total. The van der Waals surface area contributed by atoms with Crippen molar-refractivity contribution in [3.05, 3.63) is 100 Å². The van der Waals surface area contributed by atoms with Gasteiger partial charge in [0.2, 0.25) is 11.8 Å². The molecule has 1 atom stereocenters. The van der Waals surface area contributed by atoms with Crippen molar-refractivity contribution in [2.45, 2.75) is 55.6 Å². The van der Waals surface area contributed by atoms with E-state index in [4.69, 9.17) is 0 Å². The second-order valence-electron chi connectivity index (χ2n) is 10.2. The minimum Gasteiger partial charge on any atom is -0.352 e. The molecule has 10 heteroatoms. The van der Waals surface area contributed by atoms with Crippen LogP contribution >= 0.6 is 15.9 Å². The zero-order chi connectivity index (χ0) is 28.3. The lowest BCUT2D eigenvalue weighted by Gasteiger charge is -2.33. The Hall–Kier alpha value is -3.50. The molecule has 0 unspecified atom stereocenters. The van der Waals surface area contributed by atoms with Crippen LogP contribution in [-0.4, -0.2) is 54.0 Å². The highest BCUT2D eigenvalue weighted by Gasteiger charge is 2.43. The smallest absolute Gasteiger partial charge is 0.269 e. The second kappa shape index (κ2) is 11.9. The van der Waals surface area contributed by atoms with Crippen molar-refractivity contribution < 1.29 is 22.8 Å². The van der Waals surface area contributed by atoms with Gasteiger partial charge in [0, 0.05) is 23.5 Å². The first-order chi connectivity index (χ1) is 19.2. The molecule has 0 aromatic heterocycles. The van der Waals surface area contributed by atoms with Gasteiger partial charge in [-0.2, -0.15) is 0 Å². The molecule has 3 aromatic carbocycles. The summed E-state index contributed by atoms with van der Waals surface area (Å²) >= 11 is 3.42. The fourth-order valence-corrected chi connectivity index (χ4v) is 7.09. The minimum absolute atomic E-state index is 0.0328. The summed E-state index contributed by atoms with van der Waals surface area (Å²) in [6.45, 7) is -0.634. The highest BCUT2D eigenvalue weighted by Crippen LogP contribution is 2.30. The van der Waals surface area contributed by atoms with Crippen LogP contribution in [0.25, 0.3) is 0 Å². The number of halogens is 1. The molecule has 1 aliphatic heterocycles. The normalized spacial score (nSPS) is 16.9. The fraction of sp³-hybridized carbons (Fsp3) is 0.300.